The van der Waals surface area contributed by atoms with E-state index in [1.807, 2.05) is 13.8 Å². The topological polar surface area (TPSA) is 106 Å². The van der Waals surface area contributed by atoms with Gasteiger partial charge in [0.1, 0.15) is 17.4 Å². The number of aryl methyl sites for hydroxylation is 1. The van der Waals surface area contributed by atoms with Gasteiger partial charge in [-0.25, -0.2) is 9.59 Å². The van der Waals surface area contributed by atoms with Crippen molar-refractivity contribution in [2.45, 2.75) is 33.2 Å². The fraction of sp³-hybridized carbons (Fsp3) is 0.389. The van der Waals surface area contributed by atoms with Crippen LogP contribution in [0.2, 0.25) is 0 Å². The fourth-order valence-corrected chi connectivity index (χ4v) is 2.47. The molecule has 1 aromatic heterocycles. The quantitative estimate of drug-likeness (QED) is 0.743. The fourth-order valence-electron chi connectivity index (χ4n) is 2.47. The molecule has 0 saturated heterocycles. The Hall–Kier alpha value is -2.83. The number of fused-ring (bicyclic) bond motifs is 1. The van der Waals surface area contributed by atoms with Gasteiger partial charge < -0.3 is 19.6 Å². The zero-order valence-corrected chi connectivity index (χ0v) is 14.4. The van der Waals surface area contributed by atoms with E-state index in [4.69, 9.17) is 14.3 Å². The lowest BCUT2D eigenvalue weighted by Crippen LogP contribution is -2.43. The second-order valence-electron chi connectivity index (χ2n) is 6.28. The standard InChI is InChI=1S/C18H21NO6/c1-10(2)6-14(18(22)23)19-16(20)9-24-12-4-5-13-11(3)7-17(21)25-15(13)8-12/h4-5,7-8,10,14H,6,9H2,1-3H3,(H,19,20)(H,22,23)/t14-/m1/s1. The summed E-state index contributed by atoms with van der Waals surface area (Å²) in [6.07, 6.45) is 0.335. The van der Waals surface area contributed by atoms with Gasteiger partial charge >= 0.3 is 11.6 Å². The van der Waals surface area contributed by atoms with Crippen LogP contribution in [0, 0.1) is 12.8 Å². The van der Waals surface area contributed by atoms with Crippen molar-refractivity contribution >= 4 is 22.8 Å². The van der Waals surface area contributed by atoms with Crippen molar-refractivity contribution in [3.8, 4) is 5.75 Å². The molecule has 0 unspecified atom stereocenters. The van der Waals surface area contributed by atoms with Crippen molar-refractivity contribution in [2.75, 3.05) is 6.61 Å². The van der Waals surface area contributed by atoms with Crippen LogP contribution in [0.4, 0.5) is 0 Å². The Balaban J connectivity index is 2.03. The van der Waals surface area contributed by atoms with Gasteiger partial charge in [0.05, 0.1) is 0 Å². The first kappa shape index (κ1) is 18.5. The molecule has 0 aliphatic rings. The number of amides is 1. The molecule has 0 aliphatic heterocycles. The summed E-state index contributed by atoms with van der Waals surface area (Å²) < 4.78 is 10.5. The Bertz CT molecular complexity index is 839. The highest BCUT2D eigenvalue weighted by Crippen LogP contribution is 2.22. The normalized spacial score (nSPS) is 12.2. The summed E-state index contributed by atoms with van der Waals surface area (Å²) in [6, 6.07) is 5.37. The molecular formula is C18H21NO6. The summed E-state index contributed by atoms with van der Waals surface area (Å²) in [6.45, 7) is 5.23. The van der Waals surface area contributed by atoms with Gasteiger partial charge in [0.15, 0.2) is 6.61 Å². The van der Waals surface area contributed by atoms with Gasteiger partial charge in [0.2, 0.25) is 0 Å². The van der Waals surface area contributed by atoms with E-state index < -0.39 is 23.5 Å². The van der Waals surface area contributed by atoms with Crippen LogP contribution in [0.3, 0.4) is 0 Å². The monoisotopic (exact) mass is 347 g/mol. The molecule has 1 heterocycles. The van der Waals surface area contributed by atoms with Crippen molar-refractivity contribution < 1.29 is 23.8 Å². The molecule has 1 aromatic carbocycles. The molecule has 1 amide bonds. The Morgan fingerprint density at radius 1 is 1.28 bits per heavy atom. The minimum Gasteiger partial charge on any atom is -0.484 e. The lowest BCUT2D eigenvalue weighted by atomic mass is 10.0. The van der Waals surface area contributed by atoms with Gasteiger partial charge in [-0.05, 0) is 37.0 Å². The molecule has 0 bridgehead atoms. The summed E-state index contributed by atoms with van der Waals surface area (Å²) in [5, 5.41) is 12.3. The first-order valence-electron chi connectivity index (χ1n) is 7.95. The van der Waals surface area contributed by atoms with Crippen molar-refractivity contribution in [3.05, 3.63) is 40.2 Å². The number of nitrogens with one attached hydrogen (secondary N) is 1. The van der Waals surface area contributed by atoms with Gasteiger partial charge in [0.25, 0.3) is 5.91 Å². The van der Waals surface area contributed by atoms with Crippen LogP contribution in [0.25, 0.3) is 11.0 Å². The van der Waals surface area contributed by atoms with Gasteiger partial charge in [-0.2, -0.15) is 0 Å². The average molecular weight is 347 g/mol. The van der Waals surface area contributed by atoms with E-state index in [0.29, 0.717) is 17.8 Å². The molecule has 134 valence electrons. The molecule has 1 atom stereocenters. The summed E-state index contributed by atoms with van der Waals surface area (Å²) in [7, 11) is 0. The van der Waals surface area contributed by atoms with Gasteiger partial charge in [-0.1, -0.05) is 13.8 Å². The van der Waals surface area contributed by atoms with Crippen molar-refractivity contribution in [3.63, 3.8) is 0 Å². The maximum atomic E-state index is 11.9. The van der Waals surface area contributed by atoms with E-state index in [1.165, 1.54) is 12.1 Å². The summed E-state index contributed by atoms with van der Waals surface area (Å²) >= 11 is 0. The molecule has 2 N–H and O–H groups in total. The molecule has 7 nitrogen and oxygen atoms in total. The predicted octanol–water partition coefficient (Wildman–Crippen LogP) is 2.10. The third-order valence-electron chi connectivity index (χ3n) is 3.63. The Labute approximate surface area is 144 Å². The SMILES string of the molecule is Cc1cc(=O)oc2cc(OCC(=O)N[C@H](CC(C)C)C(=O)O)ccc12. The maximum Gasteiger partial charge on any atom is 0.336 e. The van der Waals surface area contributed by atoms with E-state index in [1.54, 1.807) is 19.1 Å². The number of hydrogen-bond acceptors (Lipinski definition) is 5. The van der Waals surface area contributed by atoms with E-state index in [2.05, 4.69) is 5.32 Å². The lowest BCUT2D eigenvalue weighted by molar-refractivity contribution is -0.142. The molecule has 0 saturated carbocycles. The van der Waals surface area contributed by atoms with Crippen LogP contribution < -0.4 is 15.7 Å². The van der Waals surface area contributed by atoms with E-state index in [9.17, 15) is 14.4 Å². The van der Waals surface area contributed by atoms with Gasteiger partial charge in [-0.3, -0.25) is 4.79 Å². The Morgan fingerprint density at radius 2 is 2.00 bits per heavy atom. The van der Waals surface area contributed by atoms with E-state index in [0.717, 1.165) is 10.9 Å². The smallest absolute Gasteiger partial charge is 0.336 e. The first-order chi connectivity index (χ1) is 11.8. The van der Waals surface area contributed by atoms with Crippen molar-refractivity contribution in [2.24, 2.45) is 5.92 Å². The van der Waals surface area contributed by atoms with Gasteiger partial charge in [0, 0.05) is 17.5 Å². The van der Waals surface area contributed by atoms with Crippen LogP contribution in [-0.2, 0) is 9.59 Å². The number of rotatable bonds is 7. The molecule has 0 radical (unpaired) electrons. The number of carbonyl (C=O) groups excluding carboxylic acids is 1. The predicted molar refractivity (Wildman–Crippen MR) is 91.7 cm³/mol. The van der Waals surface area contributed by atoms with E-state index in [-0.39, 0.29) is 12.5 Å². The minimum atomic E-state index is -1.08. The molecule has 7 heteroatoms. The molecule has 25 heavy (non-hydrogen) atoms. The number of carbonyl (C=O) groups is 2. The third-order valence-corrected chi connectivity index (χ3v) is 3.63. The van der Waals surface area contributed by atoms with Crippen molar-refractivity contribution in [1.29, 1.82) is 0 Å². The highest BCUT2D eigenvalue weighted by molar-refractivity contribution is 5.84. The maximum absolute atomic E-state index is 11.9. The summed E-state index contributed by atoms with van der Waals surface area (Å²) in [5.41, 5.74) is 0.692. The Morgan fingerprint density at radius 3 is 2.64 bits per heavy atom. The molecule has 2 aromatic rings. The number of carboxylic acid groups (broad SMARTS) is 1. The van der Waals surface area contributed by atoms with Crippen LogP contribution in [0.5, 0.6) is 5.75 Å². The number of aliphatic carboxylic acids is 1. The largest absolute Gasteiger partial charge is 0.484 e. The molecule has 0 spiro atoms. The van der Waals surface area contributed by atoms with Crippen LogP contribution in [0.15, 0.2) is 33.5 Å². The van der Waals surface area contributed by atoms with Crippen LogP contribution in [0.1, 0.15) is 25.8 Å². The molecule has 0 fully saturated rings. The molecule has 2 rings (SSSR count). The van der Waals surface area contributed by atoms with Crippen LogP contribution in [-0.4, -0.2) is 29.6 Å². The highest BCUT2D eigenvalue weighted by atomic mass is 16.5. The number of benzene rings is 1. The minimum absolute atomic E-state index is 0.133. The zero-order valence-electron chi connectivity index (χ0n) is 14.4. The highest BCUT2D eigenvalue weighted by Gasteiger charge is 2.21. The van der Waals surface area contributed by atoms with E-state index >= 15 is 0 Å². The molecular weight excluding hydrogens is 326 g/mol. The molecule has 0 aliphatic carbocycles. The number of hydrogen-bond donors (Lipinski definition) is 2. The van der Waals surface area contributed by atoms with Crippen LogP contribution >= 0.6 is 0 Å². The van der Waals surface area contributed by atoms with Gasteiger partial charge in [-0.15, -0.1) is 0 Å². The second-order valence-corrected chi connectivity index (χ2v) is 6.28. The third kappa shape index (κ3) is 5.07. The zero-order chi connectivity index (χ0) is 18.6. The lowest BCUT2D eigenvalue weighted by Gasteiger charge is -2.16. The summed E-state index contributed by atoms with van der Waals surface area (Å²) in [4.78, 5) is 34.5. The summed E-state index contributed by atoms with van der Waals surface area (Å²) in [5.74, 6) is -1.12. The van der Waals surface area contributed by atoms with Crippen molar-refractivity contribution in [1.82, 2.24) is 5.32 Å². The number of ether oxygens (including phenoxy) is 1. The average Bonchev–Trinajstić information content (AvgIpc) is 2.51. The first-order valence-corrected chi connectivity index (χ1v) is 7.95. The second kappa shape index (κ2) is 7.83. The Kier molecular flexibility index (Phi) is 5.80. The number of carboxylic acids is 1.